The molecule has 20 heavy (non-hydrogen) atoms. The first-order valence-electron chi connectivity index (χ1n) is 7.94. The largest absolute Gasteiger partial charge is 0.340 e. The zero-order valence-corrected chi connectivity index (χ0v) is 12.7. The van der Waals surface area contributed by atoms with Crippen molar-refractivity contribution in [1.29, 1.82) is 0 Å². The minimum absolute atomic E-state index is 0.00568. The van der Waals surface area contributed by atoms with E-state index in [4.69, 9.17) is 0 Å². The number of carbonyl (C=O) groups is 2. The molecule has 0 radical (unpaired) electrons. The van der Waals surface area contributed by atoms with Gasteiger partial charge in [0.25, 0.3) is 0 Å². The Morgan fingerprint density at radius 1 is 1.30 bits per heavy atom. The molecular weight excluding hydrogens is 254 g/mol. The van der Waals surface area contributed by atoms with E-state index in [1.54, 1.807) is 4.90 Å². The van der Waals surface area contributed by atoms with Crippen molar-refractivity contribution < 1.29 is 9.59 Å². The molecule has 0 spiro atoms. The quantitative estimate of drug-likeness (QED) is 0.757. The average molecular weight is 281 g/mol. The first kappa shape index (κ1) is 15.1. The van der Waals surface area contributed by atoms with E-state index in [1.165, 1.54) is 19.3 Å². The molecule has 3 amide bonds. The molecule has 2 aliphatic rings. The number of fused-ring (bicyclic) bond motifs is 1. The third-order valence-electron chi connectivity index (χ3n) is 4.55. The van der Waals surface area contributed by atoms with Crippen LogP contribution in [-0.2, 0) is 4.79 Å². The van der Waals surface area contributed by atoms with Gasteiger partial charge in [0, 0.05) is 26.6 Å². The highest BCUT2D eigenvalue weighted by Crippen LogP contribution is 2.22. The lowest BCUT2D eigenvalue weighted by Crippen LogP contribution is -2.52. The maximum atomic E-state index is 12.2. The molecule has 5 nitrogen and oxygen atoms in total. The van der Waals surface area contributed by atoms with Crippen molar-refractivity contribution in [2.45, 2.75) is 64.0 Å². The fourth-order valence-corrected chi connectivity index (χ4v) is 3.22. The summed E-state index contributed by atoms with van der Waals surface area (Å²) >= 11 is 0. The minimum Gasteiger partial charge on any atom is -0.340 e. The lowest BCUT2D eigenvalue weighted by atomic mass is 9.99. The number of urea groups is 1. The predicted octanol–water partition coefficient (Wildman–Crippen LogP) is 1.97. The van der Waals surface area contributed by atoms with Crippen molar-refractivity contribution in [1.82, 2.24) is 15.1 Å². The summed E-state index contributed by atoms with van der Waals surface area (Å²) in [5.74, 6) is 0.253. The van der Waals surface area contributed by atoms with Crippen LogP contribution in [0.4, 0.5) is 4.79 Å². The van der Waals surface area contributed by atoms with Gasteiger partial charge in [-0.3, -0.25) is 4.79 Å². The van der Waals surface area contributed by atoms with Crippen molar-refractivity contribution in [2.75, 3.05) is 20.1 Å². The third-order valence-corrected chi connectivity index (χ3v) is 4.55. The highest BCUT2D eigenvalue weighted by atomic mass is 16.2. The Balaban J connectivity index is 1.72. The van der Waals surface area contributed by atoms with Crippen LogP contribution in [0.25, 0.3) is 0 Å². The molecule has 5 heteroatoms. The van der Waals surface area contributed by atoms with E-state index in [2.05, 4.69) is 12.2 Å². The summed E-state index contributed by atoms with van der Waals surface area (Å²) in [6.45, 7) is 3.66. The van der Waals surface area contributed by atoms with Gasteiger partial charge in [0.1, 0.15) is 0 Å². The Morgan fingerprint density at radius 3 is 2.80 bits per heavy atom. The highest BCUT2D eigenvalue weighted by Gasteiger charge is 2.41. The molecule has 2 rings (SSSR count). The number of amides is 3. The minimum atomic E-state index is -0.00568. The van der Waals surface area contributed by atoms with Crippen LogP contribution in [0, 0.1) is 0 Å². The predicted molar refractivity (Wildman–Crippen MR) is 78.4 cm³/mol. The van der Waals surface area contributed by atoms with Gasteiger partial charge in [0.05, 0.1) is 12.1 Å². The molecular formula is C15H27N3O2. The van der Waals surface area contributed by atoms with Crippen LogP contribution in [0.15, 0.2) is 0 Å². The molecule has 0 saturated carbocycles. The van der Waals surface area contributed by atoms with Crippen LogP contribution >= 0.6 is 0 Å². The van der Waals surface area contributed by atoms with Crippen molar-refractivity contribution >= 4 is 11.9 Å². The summed E-state index contributed by atoms with van der Waals surface area (Å²) in [5, 5.41) is 2.97. The Bertz CT molecular complexity index is 359. The zero-order valence-electron chi connectivity index (χ0n) is 12.7. The average Bonchev–Trinajstić information content (AvgIpc) is 2.73. The summed E-state index contributed by atoms with van der Waals surface area (Å²) in [7, 11) is 1.84. The zero-order chi connectivity index (χ0) is 14.5. The van der Waals surface area contributed by atoms with E-state index in [-0.39, 0.29) is 24.0 Å². The van der Waals surface area contributed by atoms with Crippen molar-refractivity contribution in [3.8, 4) is 0 Å². The van der Waals surface area contributed by atoms with Gasteiger partial charge in [0.2, 0.25) is 5.91 Å². The molecule has 0 aromatic heterocycles. The molecule has 114 valence electrons. The second-order valence-electron chi connectivity index (χ2n) is 6.03. The summed E-state index contributed by atoms with van der Waals surface area (Å²) in [5.41, 5.74) is 0. The molecule has 0 aliphatic carbocycles. The van der Waals surface area contributed by atoms with Gasteiger partial charge in [-0.1, -0.05) is 32.6 Å². The lowest BCUT2D eigenvalue weighted by molar-refractivity contribution is -0.132. The topological polar surface area (TPSA) is 52.7 Å². The van der Waals surface area contributed by atoms with Crippen LogP contribution in [0.3, 0.4) is 0 Å². The van der Waals surface area contributed by atoms with E-state index in [0.717, 1.165) is 25.8 Å². The van der Waals surface area contributed by atoms with E-state index in [9.17, 15) is 9.59 Å². The SMILES string of the molecule is CCCCCCCC(=O)N1CC[C@H]2[C@@H](C1)NC(=O)N2C. The van der Waals surface area contributed by atoms with E-state index in [0.29, 0.717) is 13.0 Å². The number of rotatable bonds is 6. The molecule has 0 aromatic rings. The monoisotopic (exact) mass is 281 g/mol. The smallest absolute Gasteiger partial charge is 0.317 e. The third kappa shape index (κ3) is 3.44. The van der Waals surface area contributed by atoms with E-state index < -0.39 is 0 Å². The summed E-state index contributed by atoms with van der Waals surface area (Å²) in [4.78, 5) is 27.5. The Hall–Kier alpha value is -1.26. The van der Waals surface area contributed by atoms with Crippen molar-refractivity contribution in [3.63, 3.8) is 0 Å². The van der Waals surface area contributed by atoms with Crippen LogP contribution < -0.4 is 5.32 Å². The van der Waals surface area contributed by atoms with Crippen LogP contribution in [-0.4, -0.2) is 54.0 Å². The van der Waals surface area contributed by atoms with Gasteiger partial charge in [-0.15, -0.1) is 0 Å². The molecule has 2 heterocycles. The van der Waals surface area contributed by atoms with Gasteiger partial charge < -0.3 is 15.1 Å². The van der Waals surface area contributed by atoms with Gasteiger partial charge in [-0.25, -0.2) is 4.79 Å². The van der Waals surface area contributed by atoms with Gasteiger partial charge in [-0.05, 0) is 12.8 Å². The van der Waals surface area contributed by atoms with Crippen molar-refractivity contribution in [3.05, 3.63) is 0 Å². The number of nitrogens with zero attached hydrogens (tertiary/aromatic N) is 2. The number of likely N-dealkylation sites (N-methyl/N-ethyl adjacent to an activating group) is 1. The number of carbonyl (C=O) groups excluding carboxylic acids is 2. The lowest BCUT2D eigenvalue weighted by Gasteiger charge is -2.35. The number of piperidine rings is 1. The molecule has 2 aliphatic heterocycles. The second kappa shape index (κ2) is 6.95. The van der Waals surface area contributed by atoms with Crippen LogP contribution in [0.1, 0.15) is 51.9 Å². The van der Waals surface area contributed by atoms with Crippen LogP contribution in [0.5, 0.6) is 0 Å². The molecule has 2 atom stereocenters. The maximum Gasteiger partial charge on any atom is 0.317 e. The van der Waals surface area contributed by atoms with Crippen LogP contribution in [0.2, 0.25) is 0 Å². The number of hydrogen-bond acceptors (Lipinski definition) is 2. The standard InChI is InChI=1S/C15H27N3O2/c1-3-4-5-6-7-8-14(19)18-10-9-13-12(11-18)16-15(20)17(13)2/h12-13H,3-11H2,1-2H3,(H,16,20)/t12-,13+/m1/s1. The van der Waals surface area contributed by atoms with Gasteiger partial charge in [-0.2, -0.15) is 0 Å². The Labute approximate surface area is 121 Å². The molecule has 2 fully saturated rings. The fraction of sp³-hybridized carbons (Fsp3) is 0.867. The summed E-state index contributed by atoms with van der Waals surface area (Å²) < 4.78 is 0. The number of hydrogen-bond donors (Lipinski definition) is 1. The maximum absolute atomic E-state index is 12.2. The molecule has 0 bridgehead atoms. The Kier molecular flexibility index (Phi) is 5.26. The van der Waals surface area contributed by atoms with Gasteiger partial charge >= 0.3 is 6.03 Å². The molecule has 2 saturated heterocycles. The molecule has 1 N–H and O–H groups in total. The Morgan fingerprint density at radius 2 is 2.05 bits per heavy atom. The summed E-state index contributed by atoms with van der Waals surface area (Å²) in [6.07, 6.45) is 7.42. The first-order valence-corrected chi connectivity index (χ1v) is 7.94. The molecule has 0 unspecified atom stereocenters. The fourth-order valence-electron chi connectivity index (χ4n) is 3.22. The number of nitrogens with one attached hydrogen (secondary N) is 1. The molecule has 0 aromatic carbocycles. The number of likely N-dealkylation sites (tertiary alicyclic amines) is 1. The first-order chi connectivity index (χ1) is 9.63. The second-order valence-corrected chi connectivity index (χ2v) is 6.03. The highest BCUT2D eigenvalue weighted by molar-refractivity contribution is 5.79. The normalized spacial score (nSPS) is 25.6. The van der Waals surface area contributed by atoms with Crippen molar-refractivity contribution in [2.24, 2.45) is 0 Å². The van der Waals surface area contributed by atoms with E-state index >= 15 is 0 Å². The van der Waals surface area contributed by atoms with Gasteiger partial charge in [0.15, 0.2) is 0 Å². The number of unbranched alkanes of at least 4 members (excludes halogenated alkanes) is 4. The van der Waals surface area contributed by atoms with E-state index in [1.807, 2.05) is 11.9 Å². The summed E-state index contributed by atoms with van der Waals surface area (Å²) in [6, 6.07) is 0.371.